The number of aliphatic hydroxyl groups is 1. The first kappa shape index (κ1) is 12.1. The third kappa shape index (κ3) is 1.88. The highest BCUT2D eigenvalue weighted by atomic mass is 16.3. The Morgan fingerprint density at radius 1 is 0.947 bits per heavy atom. The normalized spacial score (nSPS) is 20.8. The zero-order valence-electron chi connectivity index (χ0n) is 10.5. The van der Waals surface area contributed by atoms with Crippen molar-refractivity contribution in [3.05, 3.63) is 47.0 Å². The van der Waals surface area contributed by atoms with Gasteiger partial charge in [-0.25, -0.2) is 4.90 Å². The number of benzene rings is 1. The molecule has 1 N–H and O–H groups in total. The lowest BCUT2D eigenvalue weighted by Gasteiger charge is -2.22. The van der Waals surface area contributed by atoms with Crippen molar-refractivity contribution in [2.45, 2.75) is 31.9 Å². The molecule has 0 spiro atoms. The summed E-state index contributed by atoms with van der Waals surface area (Å²) < 4.78 is 0. The van der Waals surface area contributed by atoms with Crippen molar-refractivity contribution in [2.75, 3.05) is 0 Å². The van der Waals surface area contributed by atoms with Crippen molar-refractivity contribution in [3.63, 3.8) is 0 Å². The van der Waals surface area contributed by atoms with Gasteiger partial charge in [0.25, 0.3) is 11.8 Å². The zero-order chi connectivity index (χ0) is 13.4. The second-order valence-corrected chi connectivity index (χ2v) is 4.93. The lowest BCUT2D eigenvalue weighted by atomic mass is 9.93. The first-order chi connectivity index (χ1) is 9.20. The molecule has 2 amide bonds. The number of hydrogen-bond acceptors (Lipinski definition) is 3. The van der Waals surface area contributed by atoms with E-state index < -0.39 is 6.23 Å². The Labute approximate surface area is 111 Å². The van der Waals surface area contributed by atoms with Gasteiger partial charge in [-0.2, -0.15) is 0 Å². The van der Waals surface area contributed by atoms with Crippen molar-refractivity contribution in [3.8, 4) is 0 Å². The Morgan fingerprint density at radius 3 is 2.00 bits per heavy atom. The SMILES string of the molecule is O=C1C2=C(CCCC2)C(=O)N1C(O)c1ccccc1. The Balaban J connectivity index is 1.92. The van der Waals surface area contributed by atoms with Crippen molar-refractivity contribution >= 4 is 11.8 Å². The molecule has 1 unspecified atom stereocenters. The fraction of sp³-hybridized carbons (Fsp3) is 0.333. The molecule has 1 atom stereocenters. The summed E-state index contributed by atoms with van der Waals surface area (Å²) in [5, 5.41) is 10.3. The van der Waals surface area contributed by atoms with Crippen LogP contribution in [0.5, 0.6) is 0 Å². The Kier molecular flexibility index (Phi) is 2.95. The average Bonchev–Trinajstić information content (AvgIpc) is 2.72. The molecule has 0 saturated carbocycles. The van der Waals surface area contributed by atoms with Gasteiger partial charge in [0.1, 0.15) is 0 Å². The van der Waals surface area contributed by atoms with Crippen molar-refractivity contribution in [1.29, 1.82) is 0 Å². The number of aliphatic hydroxyl groups excluding tert-OH is 1. The molecule has 1 aliphatic heterocycles. The summed E-state index contributed by atoms with van der Waals surface area (Å²) in [6.45, 7) is 0. The van der Waals surface area contributed by atoms with E-state index in [4.69, 9.17) is 0 Å². The molecule has 2 aliphatic rings. The van der Waals surface area contributed by atoms with Gasteiger partial charge in [-0.15, -0.1) is 0 Å². The van der Waals surface area contributed by atoms with E-state index in [0.717, 1.165) is 17.7 Å². The van der Waals surface area contributed by atoms with Crippen LogP contribution in [0.3, 0.4) is 0 Å². The first-order valence-electron chi connectivity index (χ1n) is 6.53. The molecule has 0 fully saturated rings. The van der Waals surface area contributed by atoms with Crippen LogP contribution >= 0.6 is 0 Å². The van der Waals surface area contributed by atoms with E-state index >= 15 is 0 Å². The number of carbonyl (C=O) groups is 2. The summed E-state index contributed by atoms with van der Waals surface area (Å²) in [6.07, 6.45) is 1.99. The molecule has 4 nitrogen and oxygen atoms in total. The molecule has 0 bridgehead atoms. The molecular formula is C15H15NO3. The molecular weight excluding hydrogens is 242 g/mol. The van der Waals surface area contributed by atoms with Gasteiger partial charge in [-0.05, 0) is 25.7 Å². The fourth-order valence-corrected chi connectivity index (χ4v) is 2.76. The summed E-state index contributed by atoms with van der Waals surface area (Å²) in [6, 6.07) is 8.80. The molecule has 98 valence electrons. The van der Waals surface area contributed by atoms with Crippen LogP contribution in [0.4, 0.5) is 0 Å². The average molecular weight is 257 g/mol. The van der Waals surface area contributed by atoms with E-state index in [1.165, 1.54) is 0 Å². The minimum absolute atomic E-state index is 0.323. The van der Waals surface area contributed by atoms with Crippen LogP contribution in [0.2, 0.25) is 0 Å². The van der Waals surface area contributed by atoms with Crippen LogP contribution in [0.1, 0.15) is 37.5 Å². The predicted molar refractivity (Wildman–Crippen MR) is 68.7 cm³/mol. The van der Waals surface area contributed by atoms with E-state index in [0.29, 0.717) is 29.6 Å². The Morgan fingerprint density at radius 2 is 1.47 bits per heavy atom. The van der Waals surface area contributed by atoms with Gasteiger partial charge in [-0.3, -0.25) is 9.59 Å². The second-order valence-electron chi connectivity index (χ2n) is 4.93. The standard InChI is InChI=1S/C15H15NO3/c17-13(10-6-2-1-3-7-10)16-14(18)11-8-4-5-9-12(11)15(16)19/h1-3,6-7,13,17H,4-5,8-9H2. The maximum atomic E-state index is 12.3. The van der Waals surface area contributed by atoms with Crippen LogP contribution in [-0.2, 0) is 9.59 Å². The number of carbonyl (C=O) groups excluding carboxylic acids is 2. The van der Waals surface area contributed by atoms with Gasteiger partial charge in [0, 0.05) is 16.7 Å². The van der Waals surface area contributed by atoms with Gasteiger partial charge < -0.3 is 5.11 Å². The number of amides is 2. The van der Waals surface area contributed by atoms with E-state index in [1.54, 1.807) is 24.3 Å². The Hall–Kier alpha value is -1.94. The van der Waals surface area contributed by atoms with Crippen molar-refractivity contribution in [2.24, 2.45) is 0 Å². The van der Waals surface area contributed by atoms with Crippen LogP contribution in [0.25, 0.3) is 0 Å². The molecule has 1 aromatic carbocycles. The minimum atomic E-state index is -1.19. The quantitative estimate of drug-likeness (QED) is 0.823. The lowest BCUT2D eigenvalue weighted by Crippen LogP contribution is -2.35. The molecule has 0 aromatic heterocycles. The van der Waals surface area contributed by atoms with Crippen LogP contribution < -0.4 is 0 Å². The van der Waals surface area contributed by atoms with Crippen LogP contribution in [0.15, 0.2) is 41.5 Å². The molecule has 3 rings (SSSR count). The van der Waals surface area contributed by atoms with Gasteiger partial charge in [0.2, 0.25) is 0 Å². The van der Waals surface area contributed by atoms with E-state index in [1.807, 2.05) is 6.07 Å². The maximum Gasteiger partial charge on any atom is 0.259 e. The number of imide groups is 1. The van der Waals surface area contributed by atoms with E-state index in [-0.39, 0.29) is 11.8 Å². The maximum absolute atomic E-state index is 12.3. The number of hydrogen-bond donors (Lipinski definition) is 1. The lowest BCUT2D eigenvalue weighted by molar-refractivity contribution is -0.149. The molecule has 1 aliphatic carbocycles. The summed E-state index contributed by atoms with van der Waals surface area (Å²) in [7, 11) is 0. The molecule has 19 heavy (non-hydrogen) atoms. The van der Waals surface area contributed by atoms with E-state index in [2.05, 4.69) is 0 Å². The van der Waals surface area contributed by atoms with Gasteiger partial charge >= 0.3 is 0 Å². The van der Waals surface area contributed by atoms with Crippen LogP contribution in [-0.4, -0.2) is 21.8 Å². The van der Waals surface area contributed by atoms with Gasteiger partial charge in [0.15, 0.2) is 6.23 Å². The van der Waals surface area contributed by atoms with Crippen molar-refractivity contribution < 1.29 is 14.7 Å². The summed E-state index contributed by atoms with van der Waals surface area (Å²) in [5.74, 6) is -0.646. The van der Waals surface area contributed by atoms with Gasteiger partial charge in [-0.1, -0.05) is 30.3 Å². The molecule has 0 saturated heterocycles. The zero-order valence-corrected chi connectivity index (χ0v) is 10.5. The summed E-state index contributed by atoms with van der Waals surface area (Å²) in [4.78, 5) is 25.5. The molecule has 4 heteroatoms. The third-order valence-corrected chi connectivity index (χ3v) is 3.76. The summed E-state index contributed by atoms with van der Waals surface area (Å²) in [5.41, 5.74) is 1.77. The Bertz CT molecular complexity index is 534. The highest BCUT2D eigenvalue weighted by molar-refractivity contribution is 6.19. The predicted octanol–water partition coefficient (Wildman–Crippen LogP) is 1.92. The van der Waals surface area contributed by atoms with E-state index in [9.17, 15) is 14.7 Å². The molecule has 0 radical (unpaired) electrons. The highest BCUT2D eigenvalue weighted by Gasteiger charge is 2.42. The number of nitrogens with zero attached hydrogens (tertiary/aromatic N) is 1. The largest absolute Gasteiger partial charge is 0.369 e. The second kappa shape index (κ2) is 4.63. The monoisotopic (exact) mass is 257 g/mol. The van der Waals surface area contributed by atoms with Crippen LogP contribution in [0, 0.1) is 0 Å². The molecule has 1 aromatic rings. The fourth-order valence-electron chi connectivity index (χ4n) is 2.76. The first-order valence-corrected chi connectivity index (χ1v) is 6.53. The van der Waals surface area contributed by atoms with Crippen molar-refractivity contribution in [1.82, 2.24) is 4.90 Å². The third-order valence-electron chi connectivity index (χ3n) is 3.76. The molecule has 1 heterocycles. The topological polar surface area (TPSA) is 57.6 Å². The minimum Gasteiger partial charge on any atom is -0.369 e. The number of rotatable bonds is 2. The summed E-state index contributed by atoms with van der Waals surface area (Å²) >= 11 is 0. The smallest absolute Gasteiger partial charge is 0.259 e. The van der Waals surface area contributed by atoms with Gasteiger partial charge in [0.05, 0.1) is 0 Å². The highest BCUT2D eigenvalue weighted by Crippen LogP contribution is 2.36.